The number of amides is 1. The number of halogens is 3. The molecule has 0 unspecified atom stereocenters. The zero-order chi connectivity index (χ0) is 20.5. The molecule has 4 rings (SSSR count). The summed E-state index contributed by atoms with van der Waals surface area (Å²) in [6.07, 6.45) is 5.65. The minimum atomic E-state index is -0.113. The summed E-state index contributed by atoms with van der Waals surface area (Å²) in [5, 5.41) is 8.96. The molecule has 1 aliphatic rings. The molecule has 4 nitrogen and oxygen atoms in total. The first-order valence-corrected chi connectivity index (χ1v) is 12.8. The van der Waals surface area contributed by atoms with Crippen LogP contribution in [0.25, 0.3) is 15.8 Å². The first-order chi connectivity index (χ1) is 13.9. The van der Waals surface area contributed by atoms with Gasteiger partial charge in [0.2, 0.25) is 0 Å². The van der Waals surface area contributed by atoms with Crippen LogP contribution in [0.2, 0.25) is 10.0 Å². The predicted octanol–water partition coefficient (Wildman–Crippen LogP) is 6.04. The van der Waals surface area contributed by atoms with Gasteiger partial charge in [-0.1, -0.05) is 0 Å². The first kappa shape index (κ1) is 21.2. The molecule has 2 aromatic heterocycles. The molecular formula is C21H20BrCl2N3OSe. The minimum absolute atomic E-state index is 0.113. The van der Waals surface area contributed by atoms with Gasteiger partial charge in [0, 0.05) is 0 Å². The van der Waals surface area contributed by atoms with Crippen LogP contribution in [0.15, 0.2) is 33.7 Å². The molecule has 29 heavy (non-hydrogen) atoms. The van der Waals surface area contributed by atoms with Crippen LogP contribution in [-0.4, -0.2) is 36.2 Å². The second-order valence-corrected chi connectivity index (χ2v) is 12.4. The monoisotopic (exact) mass is 559 g/mol. The van der Waals surface area contributed by atoms with Gasteiger partial charge >= 0.3 is 195 Å². The Balaban J connectivity index is 1.79. The molecule has 0 saturated heterocycles. The summed E-state index contributed by atoms with van der Waals surface area (Å²) in [4.78, 5) is 13.1. The SMILES string of the molecule is Cc1c(C(=O)NC2CCCCC2)nn(-c2ccc(Cl)cc2Cl)c1-c1ccc(Br)[se]1. The van der Waals surface area contributed by atoms with Crippen molar-refractivity contribution >= 4 is 59.5 Å². The normalized spacial score (nSPS) is 14.9. The first-order valence-electron chi connectivity index (χ1n) is 9.55. The Morgan fingerprint density at radius 1 is 1.21 bits per heavy atom. The van der Waals surface area contributed by atoms with Gasteiger partial charge in [-0.3, -0.25) is 0 Å². The van der Waals surface area contributed by atoms with Crippen molar-refractivity contribution in [2.45, 2.75) is 45.1 Å². The summed E-state index contributed by atoms with van der Waals surface area (Å²) in [5.74, 6) is -0.113. The topological polar surface area (TPSA) is 46.9 Å². The van der Waals surface area contributed by atoms with Gasteiger partial charge in [-0.15, -0.1) is 0 Å². The zero-order valence-electron chi connectivity index (χ0n) is 15.8. The van der Waals surface area contributed by atoms with Crippen molar-refractivity contribution in [2.24, 2.45) is 0 Å². The maximum absolute atomic E-state index is 13.1. The van der Waals surface area contributed by atoms with Crippen molar-refractivity contribution < 1.29 is 4.79 Å². The average molecular weight is 560 g/mol. The number of nitrogens with zero attached hydrogens (tertiary/aromatic N) is 2. The molecule has 152 valence electrons. The van der Waals surface area contributed by atoms with Crippen molar-refractivity contribution in [1.29, 1.82) is 0 Å². The molecule has 1 amide bonds. The van der Waals surface area contributed by atoms with Gasteiger partial charge in [0.1, 0.15) is 0 Å². The van der Waals surface area contributed by atoms with E-state index < -0.39 is 0 Å². The zero-order valence-corrected chi connectivity index (χ0v) is 20.7. The molecule has 1 aromatic carbocycles. The third-order valence-electron chi connectivity index (χ3n) is 5.22. The van der Waals surface area contributed by atoms with Crippen LogP contribution in [0.5, 0.6) is 0 Å². The van der Waals surface area contributed by atoms with E-state index in [1.54, 1.807) is 16.8 Å². The molecule has 2 heterocycles. The van der Waals surface area contributed by atoms with Gasteiger partial charge < -0.3 is 0 Å². The van der Waals surface area contributed by atoms with Crippen molar-refractivity contribution in [3.05, 3.63) is 55.0 Å². The number of rotatable bonds is 4. The third kappa shape index (κ3) is 4.52. The number of benzene rings is 1. The van der Waals surface area contributed by atoms with Crippen LogP contribution in [0.3, 0.4) is 0 Å². The number of hydrogen-bond donors (Lipinski definition) is 1. The second kappa shape index (κ2) is 8.99. The Morgan fingerprint density at radius 3 is 2.62 bits per heavy atom. The van der Waals surface area contributed by atoms with Crippen LogP contribution in [0, 0.1) is 6.92 Å². The van der Waals surface area contributed by atoms with E-state index in [4.69, 9.17) is 28.3 Å². The number of carbonyl (C=O) groups excluding carboxylic acids is 1. The Hall–Kier alpha value is -1.04. The van der Waals surface area contributed by atoms with Crippen LogP contribution < -0.4 is 5.32 Å². The number of hydrogen-bond acceptors (Lipinski definition) is 2. The van der Waals surface area contributed by atoms with Crippen molar-refractivity contribution in [2.75, 3.05) is 0 Å². The van der Waals surface area contributed by atoms with Gasteiger partial charge in [-0.05, 0) is 0 Å². The van der Waals surface area contributed by atoms with E-state index in [0.29, 0.717) is 21.4 Å². The van der Waals surface area contributed by atoms with E-state index in [0.717, 1.165) is 31.9 Å². The van der Waals surface area contributed by atoms with E-state index in [9.17, 15) is 4.79 Å². The molecule has 0 radical (unpaired) electrons. The fourth-order valence-corrected chi connectivity index (χ4v) is 7.01. The van der Waals surface area contributed by atoms with Crippen molar-refractivity contribution in [1.82, 2.24) is 15.1 Å². The third-order valence-corrected chi connectivity index (χ3v) is 8.71. The van der Waals surface area contributed by atoms with Gasteiger partial charge in [0.25, 0.3) is 0 Å². The Bertz CT molecular complexity index is 1060. The van der Waals surface area contributed by atoms with Gasteiger partial charge in [-0.2, -0.15) is 0 Å². The molecule has 1 fully saturated rings. The average Bonchev–Trinajstić information content (AvgIpc) is 3.25. The summed E-state index contributed by atoms with van der Waals surface area (Å²) < 4.78 is 4.09. The number of carbonyl (C=O) groups is 1. The molecule has 0 aliphatic heterocycles. The molecule has 1 saturated carbocycles. The van der Waals surface area contributed by atoms with Crippen molar-refractivity contribution in [3.63, 3.8) is 0 Å². The van der Waals surface area contributed by atoms with E-state index in [1.165, 1.54) is 19.3 Å². The molecule has 1 N–H and O–H groups in total. The van der Waals surface area contributed by atoms with Crippen LogP contribution in [0.4, 0.5) is 0 Å². The Kier molecular flexibility index (Phi) is 6.57. The van der Waals surface area contributed by atoms with Gasteiger partial charge in [-0.25, -0.2) is 0 Å². The maximum atomic E-state index is 13.1. The molecular weight excluding hydrogens is 540 g/mol. The second-order valence-electron chi connectivity index (χ2n) is 7.24. The number of nitrogens with one attached hydrogen (secondary N) is 1. The summed E-state index contributed by atoms with van der Waals surface area (Å²) in [6, 6.07) is 9.69. The standard InChI is InChI=1S/C21H20BrCl2N3OSe/c1-12-19(21(28)25-14-5-3-2-4-6-14)26-27(16-8-7-13(23)11-15(16)24)20(12)17-9-10-18(22)29-17/h7-11,14H,2-6H2,1H3,(H,25,28). The fraction of sp³-hybridized carbons (Fsp3) is 0.333. The van der Waals surface area contributed by atoms with E-state index in [1.807, 2.05) is 13.0 Å². The van der Waals surface area contributed by atoms with Crippen molar-refractivity contribution in [3.8, 4) is 15.8 Å². The molecule has 0 bridgehead atoms. The summed E-state index contributed by atoms with van der Waals surface area (Å²) >= 11 is 16.3. The van der Waals surface area contributed by atoms with E-state index in [2.05, 4.69) is 33.4 Å². The van der Waals surface area contributed by atoms with Crippen LogP contribution in [0.1, 0.15) is 48.2 Å². The van der Waals surface area contributed by atoms with E-state index in [-0.39, 0.29) is 26.5 Å². The summed E-state index contributed by atoms with van der Waals surface area (Å²) in [5.41, 5.74) is 2.96. The molecule has 3 aromatic rings. The van der Waals surface area contributed by atoms with Gasteiger partial charge in [0.15, 0.2) is 0 Å². The molecule has 8 heteroatoms. The summed E-state index contributed by atoms with van der Waals surface area (Å²) in [7, 11) is 0. The summed E-state index contributed by atoms with van der Waals surface area (Å²) in [6.45, 7) is 1.96. The Labute approximate surface area is 194 Å². The molecule has 0 spiro atoms. The molecule has 1 aliphatic carbocycles. The fourth-order valence-electron chi connectivity index (χ4n) is 3.77. The predicted molar refractivity (Wildman–Crippen MR) is 123 cm³/mol. The van der Waals surface area contributed by atoms with E-state index >= 15 is 0 Å². The Morgan fingerprint density at radius 2 is 1.97 bits per heavy atom. The number of aromatic nitrogens is 2. The van der Waals surface area contributed by atoms with Crippen LogP contribution in [-0.2, 0) is 0 Å². The molecule has 0 atom stereocenters. The van der Waals surface area contributed by atoms with Gasteiger partial charge in [0.05, 0.1) is 0 Å². The van der Waals surface area contributed by atoms with Crippen LogP contribution >= 0.6 is 39.1 Å². The quantitative estimate of drug-likeness (QED) is 0.396.